The van der Waals surface area contributed by atoms with Gasteiger partial charge in [0.15, 0.2) is 0 Å². The molecule has 1 aliphatic rings. The van der Waals surface area contributed by atoms with E-state index >= 15 is 0 Å². The lowest BCUT2D eigenvalue weighted by Crippen LogP contribution is -2.33. The molecule has 152 valence electrons. The second-order valence-corrected chi connectivity index (χ2v) is 8.86. The Morgan fingerprint density at radius 3 is 2.62 bits per heavy atom. The monoisotopic (exact) mass is 412 g/mol. The van der Waals surface area contributed by atoms with Crippen LogP contribution in [0.5, 0.6) is 0 Å². The Labute approximate surface area is 174 Å². The number of thiophene rings is 1. The SMILES string of the molecule is Cc1ccc(C2C[C@@H](O)CC(CO)O2)cc1Cc1ccc(-c2ccc(F)cc2)s1. The van der Waals surface area contributed by atoms with Crippen LogP contribution in [0.3, 0.4) is 0 Å². The molecule has 1 fully saturated rings. The number of aliphatic hydroxyl groups excluding tert-OH is 2. The fourth-order valence-corrected chi connectivity index (χ4v) is 4.87. The summed E-state index contributed by atoms with van der Waals surface area (Å²) in [6.45, 7) is 2.02. The molecule has 3 nitrogen and oxygen atoms in total. The maximum Gasteiger partial charge on any atom is 0.123 e. The molecular weight excluding hydrogens is 387 g/mol. The second-order valence-electron chi connectivity index (χ2n) is 7.69. The molecule has 1 saturated heterocycles. The first-order valence-corrected chi connectivity index (χ1v) is 10.7. The largest absolute Gasteiger partial charge is 0.394 e. The average Bonchev–Trinajstić information content (AvgIpc) is 3.18. The summed E-state index contributed by atoms with van der Waals surface area (Å²) < 4.78 is 19.1. The van der Waals surface area contributed by atoms with E-state index in [4.69, 9.17) is 4.74 Å². The number of aliphatic hydroxyl groups is 2. The molecule has 0 amide bonds. The summed E-state index contributed by atoms with van der Waals surface area (Å²) in [6.07, 6.45) is 0.868. The van der Waals surface area contributed by atoms with Crippen LogP contribution in [0.1, 0.15) is 40.5 Å². The van der Waals surface area contributed by atoms with Crippen molar-refractivity contribution in [2.75, 3.05) is 6.61 Å². The van der Waals surface area contributed by atoms with Crippen LogP contribution in [0.2, 0.25) is 0 Å². The Bertz CT molecular complexity index is 967. The van der Waals surface area contributed by atoms with Gasteiger partial charge in [0.2, 0.25) is 0 Å². The van der Waals surface area contributed by atoms with Crippen LogP contribution in [0.25, 0.3) is 10.4 Å². The summed E-state index contributed by atoms with van der Waals surface area (Å²) in [5, 5.41) is 19.5. The highest BCUT2D eigenvalue weighted by atomic mass is 32.1. The van der Waals surface area contributed by atoms with Crippen molar-refractivity contribution in [3.63, 3.8) is 0 Å². The second kappa shape index (κ2) is 8.76. The van der Waals surface area contributed by atoms with Crippen molar-refractivity contribution in [3.8, 4) is 10.4 Å². The van der Waals surface area contributed by atoms with Gasteiger partial charge >= 0.3 is 0 Å². The number of halogens is 1. The number of hydrogen-bond acceptors (Lipinski definition) is 4. The van der Waals surface area contributed by atoms with Gasteiger partial charge in [-0.1, -0.05) is 30.3 Å². The van der Waals surface area contributed by atoms with Crippen molar-refractivity contribution in [3.05, 3.63) is 82.0 Å². The average molecular weight is 413 g/mol. The van der Waals surface area contributed by atoms with Crippen LogP contribution < -0.4 is 0 Å². The minimum atomic E-state index is -0.453. The van der Waals surface area contributed by atoms with Crippen molar-refractivity contribution < 1.29 is 19.3 Å². The van der Waals surface area contributed by atoms with Gasteiger partial charge in [-0.05, 0) is 53.4 Å². The van der Waals surface area contributed by atoms with E-state index in [1.165, 1.54) is 28.1 Å². The van der Waals surface area contributed by atoms with Gasteiger partial charge in [0, 0.05) is 29.0 Å². The van der Waals surface area contributed by atoms with E-state index in [-0.39, 0.29) is 24.6 Å². The lowest BCUT2D eigenvalue weighted by molar-refractivity contribution is -0.113. The van der Waals surface area contributed by atoms with Gasteiger partial charge in [-0.3, -0.25) is 0 Å². The Hall–Kier alpha value is -2.05. The summed E-state index contributed by atoms with van der Waals surface area (Å²) in [5.41, 5.74) is 4.49. The molecule has 0 spiro atoms. The van der Waals surface area contributed by atoms with Crippen LogP contribution in [0.4, 0.5) is 4.39 Å². The molecule has 1 aliphatic heterocycles. The number of hydrogen-bond donors (Lipinski definition) is 2. The molecule has 3 aromatic rings. The quantitative estimate of drug-likeness (QED) is 0.618. The first-order valence-electron chi connectivity index (χ1n) is 9.90. The van der Waals surface area contributed by atoms with E-state index in [0.717, 1.165) is 22.4 Å². The Morgan fingerprint density at radius 1 is 1.07 bits per heavy atom. The zero-order valence-electron chi connectivity index (χ0n) is 16.3. The third-order valence-electron chi connectivity index (χ3n) is 5.48. The van der Waals surface area contributed by atoms with Crippen LogP contribution in [-0.2, 0) is 11.2 Å². The molecule has 0 aliphatic carbocycles. The van der Waals surface area contributed by atoms with Crippen LogP contribution in [0.15, 0.2) is 54.6 Å². The van der Waals surface area contributed by atoms with Gasteiger partial charge in [-0.2, -0.15) is 0 Å². The summed E-state index contributed by atoms with van der Waals surface area (Å²) in [4.78, 5) is 2.36. The third kappa shape index (κ3) is 4.75. The number of aryl methyl sites for hydroxylation is 1. The minimum absolute atomic E-state index is 0.0758. The zero-order valence-corrected chi connectivity index (χ0v) is 17.2. The first-order chi connectivity index (χ1) is 14.0. The summed E-state index contributed by atoms with van der Waals surface area (Å²) in [6, 6.07) is 17.1. The highest BCUT2D eigenvalue weighted by Gasteiger charge is 2.29. The first kappa shape index (κ1) is 20.2. The molecule has 0 saturated carbocycles. The van der Waals surface area contributed by atoms with E-state index in [9.17, 15) is 14.6 Å². The maximum atomic E-state index is 13.2. The molecule has 2 heterocycles. The zero-order chi connectivity index (χ0) is 20.4. The van der Waals surface area contributed by atoms with Crippen molar-refractivity contribution in [2.24, 2.45) is 0 Å². The van der Waals surface area contributed by atoms with Crippen molar-refractivity contribution in [2.45, 2.75) is 44.5 Å². The van der Waals surface area contributed by atoms with Crippen molar-refractivity contribution in [1.29, 1.82) is 0 Å². The topological polar surface area (TPSA) is 49.7 Å². The van der Waals surface area contributed by atoms with Crippen molar-refractivity contribution in [1.82, 2.24) is 0 Å². The molecular formula is C24H25FO3S. The number of benzene rings is 2. The van der Waals surface area contributed by atoms with E-state index in [1.54, 1.807) is 23.5 Å². The summed E-state index contributed by atoms with van der Waals surface area (Å²) >= 11 is 1.71. The van der Waals surface area contributed by atoms with Gasteiger partial charge in [-0.25, -0.2) is 4.39 Å². The fraction of sp³-hybridized carbons (Fsp3) is 0.333. The highest BCUT2D eigenvalue weighted by molar-refractivity contribution is 7.15. The molecule has 0 bridgehead atoms. The predicted octanol–water partition coefficient (Wildman–Crippen LogP) is 5.03. The number of rotatable bonds is 5. The van der Waals surface area contributed by atoms with Crippen LogP contribution in [-0.4, -0.2) is 29.0 Å². The molecule has 29 heavy (non-hydrogen) atoms. The van der Waals surface area contributed by atoms with Crippen LogP contribution in [0, 0.1) is 12.7 Å². The van der Waals surface area contributed by atoms with E-state index in [0.29, 0.717) is 12.8 Å². The van der Waals surface area contributed by atoms with Gasteiger partial charge < -0.3 is 14.9 Å². The summed E-state index contributed by atoms with van der Waals surface area (Å²) in [7, 11) is 0. The molecule has 3 atom stereocenters. The van der Waals surface area contributed by atoms with Gasteiger partial charge in [0.05, 0.1) is 24.9 Å². The highest BCUT2D eigenvalue weighted by Crippen LogP contribution is 2.34. The number of ether oxygens (including phenoxy) is 1. The summed E-state index contributed by atoms with van der Waals surface area (Å²) in [5.74, 6) is -0.226. The van der Waals surface area contributed by atoms with E-state index in [1.807, 2.05) is 6.07 Å². The van der Waals surface area contributed by atoms with E-state index in [2.05, 4.69) is 31.2 Å². The maximum absolute atomic E-state index is 13.2. The normalized spacial score (nSPS) is 22.0. The predicted molar refractivity (Wildman–Crippen MR) is 114 cm³/mol. The molecule has 1 aromatic heterocycles. The van der Waals surface area contributed by atoms with Crippen molar-refractivity contribution >= 4 is 11.3 Å². The fourth-order valence-electron chi connectivity index (χ4n) is 3.83. The lowest BCUT2D eigenvalue weighted by atomic mass is 9.93. The van der Waals surface area contributed by atoms with Gasteiger partial charge in [-0.15, -0.1) is 11.3 Å². The lowest BCUT2D eigenvalue weighted by Gasteiger charge is -2.32. The smallest absolute Gasteiger partial charge is 0.123 e. The van der Waals surface area contributed by atoms with Gasteiger partial charge in [0.1, 0.15) is 5.82 Å². The van der Waals surface area contributed by atoms with E-state index < -0.39 is 6.10 Å². The standard InChI is InChI=1S/C24H25FO3S/c1-15-2-3-17(23-13-20(27)12-21(14-26)28-23)10-18(15)11-22-8-9-24(29-22)16-4-6-19(25)7-5-16/h2-10,20-21,23,26-27H,11-14H2,1H3/t20-,21?,23?/m0/s1. The van der Waals surface area contributed by atoms with Gasteiger partial charge in [0.25, 0.3) is 0 Å². The Morgan fingerprint density at radius 2 is 1.86 bits per heavy atom. The molecule has 2 N–H and O–H groups in total. The molecule has 0 radical (unpaired) electrons. The molecule has 5 heteroatoms. The third-order valence-corrected chi connectivity index (χ3v) is 6.62. The van der Waals surface area contributed by atoms with Crippen LogP contribution >= 0.6 is 11.3 Å². The molecule has 2 aromatic carbocycles. The molecule has 4 rings (SSSR count). The Balaban J connectivity index is 1.53. The minimum Gasteiger partial charge on any atom is -0.394 e. The molecule has 2 unspecified atom stereocenters. The Kier molecular flexibility index (Phi) is 6.11.